The van der Waals surface area contributed by atoms with E-state index < -0.39 is 0 Å². The predicted octanol–water partition coefficient (Wildman–Crippen LogP) is 1.71. The fraction of sp³-hybridized carbons (Fsp3) is 0.929. The quantitative estimate of drug-likeness (QED) is 0.220. The lowest BCUT2D eigenvalue weighted by Gasteiger charge is -2.34. The van der Waals surface area contributed by atoms with Crippen molar-refractivity contribution in [2.45, 2.75) is 45.4 Å². The van der Waals surface area contributed by atoms with E-state index in [1.54, 1.807) is 0 Å². The van der Waals surface area contributed by atoms with E-state index in [0.29, 0.717) is 12.4 Å². The van der Waals surface area contributed by atoms with Gasteiger partial charge in [0, 0.05) is 26.2 Å². The molecule has 0 amide bonds. The van der Waals surface area contributed by atoms with Crippen LogP contribution in [0.4, 0.5) is 0 Å². The molecule has 0 radical (unpaired) electrons. The maximum atomic E-state index is 8.55. The van der Waals surface area contributed by atoms with Gasteiger partial charge in [-0.15, -0.1) is 0 Å². The van der Waals surface area contributed by atoms with Crippen molar-refractivity contribution in [2.24, 2.45) is 10.9 Å². The predicted molar refractivity (Wildman–Crippen MR) is 79.7 cm³/mol. The van der Waals surface area contributed by atoms with Gasteiger partial charge in [0.05, 0.1) is 6.54 Å². The normalized spacial score (nSPS) is 18.9. The molecule has 1 aliphatic rings. The van der Waals surface area contributed by atoms with E-state index in [0.717, 1.165) is 26.2 Å². The van der Waals surface area contributed by atoms with Gasteiger partial charge in [-0.25, -0.2) is 0 Å². The Morgan fingerprint density at radius 2 is 1.58 bits per heavy atom. The molecule has 0 atom stereocenters. The molecule has 0 aliphatic carbocycles. The van der Waals surface area contributed by atoms with Crippen molar-refractivity contribution in [2.75, 3.05) is 39.3 Å². The van der Waals surface area contributed by atoms with Gasteiger partial charge in [0.2, 0.25) is 0 Å². The number of unbranched alkanes of at least 4 members (excludes halogenated alkanes) is 5. The summed E-state index contributed by atoms with van der Waals surface area (Å²) in [5, 5.41) is 11.6. The number of oxime groups is 1. The summed E-state index contributed by atoms with van der Waals surface area (Å²) in [6, 6.07) is 0. The van der Waals surface area contributed by atoms with Gasteiger partial charge in [-0.1, -0.05) is 44.2 Å². The molecule has 0 unspecified atom stereocenters. The Balaban J connectivity index is 2.00. The van der Waals surface area contributed by atoms with Crippen molar-refractivity contribution < 1.29 is 5.21 Å². The molecule has 1 aliphatic heterocycles. The zero-order chi connectivity index (χ0) is 13.9. The monoisotopic (exact) mass is 270 g/mol. The van der Waals surface area contributed by atoms with Crippen LogP contribution in [0, 0.1) is 0 Å². The van der Waals surface area contributed by atoms with E-state index >= 15 is 0 Å². The minimum atomic E-state index is 0.310. The van der Waals surface area contributed by atoms with Crippen LogP contribution in [0.5, 0.6) is 0 Å². The van der Waals surface area contributed by atoms with Crippen LogP contribution in [0.3, 0.4) is 0 Å². The third-order valence-corrected chi connectivity index (χ3v) is 3.81. The van der Waals surface area contributed by atoms with E-state index in [1.807, 2.05) is 0 Å². The first-order valence-electron chi connectivity index (χ1n) is 7.67. The number of rotatable bonds is 9. The van der Waals surface area contributed by atoms with Crippen LogP contribution in [0.2, 0.25) is 0 Å². The summed E-state index contributed by atoms with van der Waals surface area (Å²) in [6.07, 6.45) is 8.17. The molecule has 3 N–H and O–H groups in total. The van der Waals surface area contributed by atoms with Gasteiger partial charge < -0.3 is 15.8 Å². The van der Waals surface area contributed by atoms with Crippen LogP contribution in [0.25, 0.3) is 0 Å². The van der Waals surface area contributed by atoms with Crippen molar-refractivity contribution in [1.82, 2.24) is 9.80 Å². The van der Waals surface area contributed by atoms with Gasteiger partial charge in [-0.3, -0.25) is 4.90 Å². The summed E-state index contributed by atoms with van der Waals surface area (Å²) in [5.74, 6) is 0.310. The molecule has 112 valence electrons. The number of piperazine rings is 1. The molecule has 1 rings (SSSR count). The van der Waals surface area contributed by atoms with Crippen molar-refractivity contribution >= 4 is 5.84 Å². The van der Waals surface area contributed by atoms with Crippen LogP contribution in [0.1, 0.15) is 45.4 Å². The van der Waals surface area contributed by atoms with Crippen LogP contribution in [-0.4, -0.2) is 60.1 Å². The molecule has 0 aromatic rings. The molecule has 0 aromatic heterocycles. The molecule has 1 saturated heterocycles. The second kappa shape index (κ2) is 10.0. The third kappa shape index (κ3) is 7.38. The number of amidine groups is 1. The molecule has 0 spiro atoms. The van der Waals surface area contributed by atoms with Gasteiger partial charge in [0.25, 0.3) is 0 Å². The smallest absolute Gasteiger partial charge is 0.153 e. The lowest BCUT2D eigenvalue weighted by molar-refractivity contribution is 0.142. The minimum absolute atomic E-state index is 0.310. The first-order valence-corrected chi connectivity index (χ1v) is 7.67. The summed E-state index contributed by atoms with van der Waals surface area (Å²) in [6.45, 7) is 8.32. The molecule has 5 nitrogen and oxygen atoms in total. The molecular weight excluding hydrogens is 240 g/mol. The van der Waals surface area contributed by atoms with Crippen molar-refractivity contribution in [3.63, 3.8) is 0 Å². The molecule has 1 heterocycles. The van der Waals surface area contributed by atoms with Gasteiger partial charge in [-0.2, -0.15) is 0 Å². The van der Waals surface area contributed by atoms with Crippen LogP contribution >= 0.6 is 0 Å². The highest BCUT2D eigenvalue weighted by atomic mass is 16.4. The van der Waals surface area contributed by atoms with Gasteiger partial charge >= 0.3 is 0 Å². The Bertz CT molecular complexity index is 250. The number of nitrogens with two attached hydrogens (primary N) is 1. The highest BCUT2D eigenvalue weighted by Gasteiger charge is 2.16. The zero-order valence-corrected chi connectivity index (χ0v) is 12.4. The molecule has 1 fully saturated rings. The van der Waals surface area contributed by atoms with Gasteiger partial charge in [0.1, 0.15) is 0 Å². The van der Waals surface area contributed by atoms with Gasteiger partial charge in [0.15, 0.2) is 5.84 Å². The van der Waals surface area contributed by atoms with Crippen molar-refractivity contribution in [3.8, 4) is 0 Å². The van der Waals surface area contributed by atoms with Gasteiger partial charge in [-0.05, 0) is 13.0 Å². The lowest BCUT2D eigenvalue weighted by atomic mass is 10.1. The maximum absolute atomic E-state index is 8.55. The molecular formula is C14H30N4O. The Morgan fingerprint density at radius 1 is 1.00 bits per heavy atom. The second-order valence-corrected chi connectivity index (χ2v) is 5.48. The van der Waals surface area contributed by atoms with E-state index in [1.165, 1.54) is 45.1 Å². The highest BCUT2D eigenvalue weighted by Crippen LogP contribution is 2.07. The molecule has 19 heavy (non-hydrogen) atoms. The first kappa shape index (κ1) is 16.2. The molecule has 0 aromatic carbocycles. The van der Waals surface area contributed by atoms with Crippen LogP contribution in [-0.2, 0) is 0 Å². The Kier molecular flexibility index (Phi) is 8.58. The molecule has 0 saturated carbocycles. The topological polar surface area (TPSA) is 65.1 Å². The van der Waals surface area contributed by atoms with E-state index in [-0.39, 0.29) is 0 Å². The SMILES string of the molecule is CCCCCCCCN1CCN(CC(N)=NO)CC1. The summed E-state index contributed by atoms with van der Waals surface area (Å²) < 4.78 is 0. The van der Waals surface area contributed by atoms with E-state index in [2.05, 4.69) is 21.9 Å². The fourth-order valence-electron chi connectivity index (χ4n) is 2.55. The number of hydrogen-bond acceptors (Lipinski definition) is 4. The third-order valence-electron chi connectivity index (χ3n) is 3.81. The Morgan fingerprint density at radius 3 is 2.21 bits per heavy atom. The molecule has 0 bridgehead atoms. The maximum Gasteiger partial charge on any atom is 0.153 e. The van der Waals surface area contributed by atoms with Crippen LogP contribution < -0.4 is 5.73 Å². The zero-order valence-electron chi connectivity index (χ0n) is 12.4. The Labute approximate surface area is 117 Å². The summed E-state index contributed by atoms with van der Waals surface area (Å²) in [7, 11) is 0. The summed E-state index contributed by atoms with van der Waals surface area (Å²) >= 11 is 0. The van der Waals surface area contributed by atoms with Crippen LogP contribution in [0.15, 0.2) is 5.16 Å². The van der Waals surface area contributed by atoms with Crippen molar-refractivity contribution in [3.05, 3.63) is 0 Å². The molecule has 5 heteroatoms. The Hall–Kier alpha value is -0.810. The largest absolute Gasteiger partial charge is 0.409 e. The summed E-state index contributed by atoms with van der Waals surface area (Å²) in [5.41, 5.74) is 5.52. The van der Waals surface area contributed by atoms with E-state index in [4.69, 9.17) is 10.9 Å². The second-order valence-electron chi connectivity index (χ2n) is 5.48. The average Bonchev–Trinajstić information content (AvgIpc) is 2.44. The number of nitrogens with zero attached hydrogens (tertiary/aromatic N) is 3. The van der Waals surface area contributed by atoms with Crippen molar-refractivity contribution in [1.29, 1.82) is 0 Å². The average molecular weight is 270 g/mol. The standard InChI is InChI=1S/C14H30N4O/c1-2-3-4-5-6-7-8-17-9-11-18(12-10-17)13-14(15)16-19/h19H,2-13H2,1H3,(H2,15,16). The van der Waals surface area contributed by atoms with E-state index in [9.17, 15) is 0 Å². The number of hydrogen-bond donors (Lipinski definition) is 2. The minimum Gasteiger partial charge on any atom is -0.409 e. The summed E-state index contributed by atoms with van der Waals surface area (Å²) in [4.78, 5) is 4.77. The highest BCUT2D eigenvalue weighted by molar-refractivity contribution is 5.81. The lowest BCUT2D eigenvalue weighted by Crippen LogP contribution is -2.48. The fourth-order valence-corrected chi connectivity index (χ4v) is 2.55. The first-order chi connectivity index (χ1) is 9.26.